The quantitative estimate of drug-likeness (QED) is 0.721. The highest BCUT2D eigenvalue weighted by molar-refractivity contribution is 6.34. The predicted octanol–water partition coefficient (Wildman–Crippen LogP) is 4.58. The van der Waals surface area contributed by atoms with Crippen LogP contribution in [0, 0.1) is 20.8 Å². The third kappa shape index (κ3) is 3.36. The summed E-state index contributed by atoms with van der Waals surface area (Å²) in [6, 6.07) is 7.39. The predicted molar refractivity (Wildman–Crippen MR) is 104 cm³/mol. The molecule has 4 rings (SSSR count). The molecule has 0 unspecified atom stereocenters. The highest BCUT2D eigenvalue weighted by Gasteiger charge is 2.21. The Kier molecular flexibility index (Phi) is 4.28. The number of pyridine rings is 1. The number of hydrogen-bond donors (Lipinski definition) is 1. The number of aromatic nitrogens is 2. The lowest BCUT2D eigenvalue weighted by atomic mass is 10.0. The number of nitrogens with one attached hydrogen (secondary N) is 1. The number of aliphatic imine (C=N–C) groups is 1. The van der Waals surface area contributed by atoms with E-state index in [-0.39, 0.29) is 11.6 Å². The third-order valence-corrected chi connectivity index (χ3v) is 4.66. The van der Waals surface area contributed by atoms with Crippen LogP contribution in [0.2, 0.25) is 5.02 Å². The zero-order valence-corrected chi connectivity index (χ0v) is 15.9. The first kappa shape index (κ1) is 17.4. The molecule has 0 saturated heterocycles. The second kappa shape index (κ2) is 6.63. The molecule has 0 bridgehead atoms. The summed E-state index contributed by atoms with van der Waals surface area (Å²) in [5.74, 6) is 1.33. The van der Waals surface area contributed by atoms with E-state index >= 15 is 0 Å². The van der Waals surface area contributed by atoms with E-state index < -0.39 is 0 Å². The average molecular weight is 381 g/mol. The molecule has 7 heteroatoms. The van der Waals surface area contributed by atoms with Crippen molar-refractivity contribution in [2.24, 2.45) is 4.99 Å². The first-order valence-electron chi connectivity index (χ1n) is 8.49. The van der Waals surface area contributed by atoms with E-state index in [4.69, 9.17) is 16.0 Å². The Hall–Kier alpha value is -2.99. The van der Waals surface area contributed by atoms with Crippen LogP contribution < -0.4 is 5.32 Å². The molecule has 3 heterocycles. The molecular formula is C20H17ClN4O2. The number of oxazole rings is 1. The minimum absolute atomic E-state index is 0.272. The van der Waals surface area contributed by atoms with Crippen LogP contribution in [0.1, 0.15) is 38.8 Å². The lowest BCUT2D eigenvalue weighted by Crippen LogP contribution is -2.14. The van der Waals surface area contributed by atoms with E-state index in [9.17, 15) is 4.79 Å². The van der Waals surface area contributed by atoms with E-state index in [0.717, 1.165) is 28.2 Å². The van der Waals surface area contributed by atoms with Crippen LogP contribution in [0.5, 0.6) is 0 Å². The van der Waals surface area contributed by atoms with E-state index in [2.05, 4.69) is 26.3 Å². The largest absolute Gasteiger partial charge is 0.445 e. The Bertz CT molecular complexity index is 1100. The first-order valence-corrected chi connectivity index (χ1v) is 8.87. The molecule has 1 aliphatic heterocycles. The lowest BCUT2D eigenvalue weighted by molar-refractivity contribution is 0.102. The van der Waals surface area contributed by atoms with Gasteiger partial charge >= 0.3 is 0 Å². The number of anilines is 1. The SMILES string of the molecule is Cc1cnc2c(c1)CC(c1cc(NC(=O)c3nc(C)oc3C)ccc1Cl)=N2. The fraction of sp³-hybridized carbons (Fsp3) is 0.200. The Morgan fingerprint density at radius 2 is 2.04 bits per heavy atom. The average Bonchev–Trinajstić information content (AvgIpc) is 3.18. The normalized spacial score (nSPS) is 12.7. The number of nitrogens with zero attached hydrogens (tertiary/aromatic N) is 3. The van der Waals surface area contributed by atoms with Gasteiger partial charge in [-0.05, 0) is 37.6 Å². The summed E-state index contributed by atoms with van der Waals surface area (Å²) < 4.78 is 5.32. The second-order valence-corrected chi connectivity index (χ2v) is 6.92. The molecule has 0 radical (unpaired) electrons. The summed E-state index contributed by atoms with van der Waals surface area (Å²) in [5.41, 5.74) is 4.66. The van der Waals surface area contributed by atoms with Gasteiger partial charge in [0, 0.05) is 41.4 Å². The Morgan fingerprint density at radius 3 is 2.78 bits per heavy atom. The van der Waals surface area contributed by atoms with E-state index in [0.29, 0.717) is 28.8 Å². The molecule has 27 heavy (non-hydrogen) atoms. The molecule has 1 aliphatic rings. The standard InChI is InChI=1S/C20H17ClN4O2/c1-10-6-13-7-17(25-19(13)22-9-10)15-8-14(4-5-16(15)21)24-20(26)18-11(2)27-12(3)23-18/h4-6,8-9H,7H2,1-3H3,(H,24,26). The Morgan fingerprint density at radius 1 is 1.22 bits per heavy atom. The van der Waals surface area contributed by atoms with Gasteiger partial charge in [0.15, 0.2) is 17.4 Å². The number of halogens is 1. The minimum Gasteiger partial charge on any atom is -0.445 e. The molecule has 2 aromatic heterocycles. The number of carbonyl (C=O) groups is 1. The molecule has 136 valence electrons. The van der Waals surface area contributed by atoms with Crippen LogP contribution in [0.25, 0.3) is 0 Å². The highest BCUT2D eigenvalue weighted by atomic mass is 35.5. The molecule has 1 N–H and O–H groups in total. The topological polar surface area (TPSA) is 80.4 Å². The first-order chi connectivity index (χ1) is 12.9. The van der Waals surface area contributed by atoms with Crippen molar-refractivity contribution < 1.29 is 9.21 Å². The zero-order valence-electron chi connectivity index (χ0n) is 15.1. The van der Waals surface area contributed by atoms with Crippen LogP contribution in [0.3, 0.4) is 0 Å². The van der Waals surface area contributed by atoms with Crippen LogP contribution in [-0.4, -0.2) is 21.6 Å². The molecule has 0 fully saturated rings. The number of rotatable bonds is 3. The number of amides is 1. The van der Waals surface area contributed by atoms with Crippen molar-refractivity contribution in [3.63, 3.8) is 0 Å². The van der Waals surface area contributed by atoms with Crippen molar-refractivity contribution in [3.05, 3.63) is 69.5 Å². The summed E-state index contributed by atoms with van der Waals surface area (Å²) in [6.45, 7) is 5.42. The van der Waals surface area contributed by atoms with Crippen molar-refractivity contribution in [1.82, 2.24) is 9.97 Å². The Balaban J connectivity index is 1.61. The van der Waals surface area contributed by atoms with Crippen molar-refractivity contribution in [1.29, 1.82) is 0 Å². The highest BCUT2D eigenvalue weighted by Crippen LogP contribution is 2.31. The maximum atomic E-state index is 12.5. The van der Waals surface area contributed by atoms with E-state index in [1.165, 1.54) is 0 Å². The minimum atomic E-state index is -0.327. The van der Waals surface area contributed by atoms with Gasteiger partial charge in [0.2, 0.25) is 0 Å². The third-order valence-electron chi connectivity index (χ3n) is 4.33. The van der Waals surface area contributed by atoms with Gasteiger partial charge in [-0.15, -0.1) is 0 Å². The Labute approximate surface area is 161 Å². The molecule has 1 aromatic carbocycles. The number of hydrogen-bond acceptors (Lipinski definition) is 5. The van der Waals surface area contributed by atoms with Gasteiger partial charge in [0.25, 0.3) is 5.91 Å². The molecule has 3 aromatic rings. The summed E-state index contributed by atoms with van der Waals surface area (Å²) >= 11 is 6.39. The monoisotopic (exact) mass is 380 g/mol. The van der Waals surface area contributed by atoms with Gasteiger partial charge in [-0.3, -0.25) is 4.79 Å². The van der Waals surface area contributed by atoms with Gasteiger partial charge in [-0.25, -0.2) is 15.0 Å². The molecular weight excluding hydrogens is 364 g/mol. The number of aryl methyl sites for hydroxylation is 3. The van der Waals surface area contributed by atoms with Crippen molar-refractivity contribution in [2.75, 3.05) is 5.32 Å². The molecule has 6 nitrogen and oxygen atoms in total. The van der Waals surface area contributed by atoms with E-state index in [1.807, 2.05) is 13.0 Å². The van der Waals surface area contributed by atoms with Gasteiger partial charge in [0.05, 0.1) is 5.71 Å². The summed E-state index contributed by atoms with van der Waals surface area (Å²) in [7, 11) is 0. The number of carbonyl (C=O) groups excluding carboxylic acids is 1. The summed E-state index contributed by atoms with van der Waals surface area (Å²) in [4.78, 5) is 25.6. The van der Waals surface area contributed by atoms with Gasteiger partial charge in [-0.2, -0.15) is 0 Å². The van der Waals surface area contributed by atoms with Crippen LogP contribution in [0.4, 0.5) is 11.5 Å². The maximum absolute atomic E-state index is 12.5. The van der Waals surface area contributed by atoms with Gasteiger partial charge in [-0.1, -0.05) is 17.7 Å². The van der Waals surface area contributed by atoms with Crippen LogP contribution >= 0.6 is 11.6 Å². The fourth-order valence-electron chi connectivity index (χ4n) is 3.11. The van der Waals surface area contributed by atoms with Crippen molar-refractivity contribution in [2.45, 2.75) is 27.2 Å². The molecule has 0 atom stereocenters. The number of fused-ring (bicyclic) bond motifs is 1. The van der Waals surface area contributed by atoms with Crippen molar-refractivity contribution in [3.8, 4) is 0 Å². The lowest BCUT2D eigenvalue weighted by Gasteiger charge is -2.09. The van der Waals surface area contributed by atoms with Crippen LogP contribution in [-0.2, 0) is 6.42 Å². The molecule has 0 spiro atoms. The van der Waals surface area contributed by atoms with Crippen molar-refractivity contribution >= 4 is 34.7 Å². The maximum Gasteiger partial charge on any atom is 0.277 e. The summed E-state index contributed by atoms with van der Waals surface area (Å²) in [6.07, 6.45) is 2.45. The van der Waals surface area contributed by atoms with E-state index in [1.54, 1.807) is 32.2 Å². The van der Waals surface area contributed by atoms with Gasteiger partial charge < -0.3 is 9.73 Å². The molecule has 1 amide bonds. The number of benzene rings is 1. The van der Waals surface area contributed by atoms with Gasteiger partial charge in [0.1, 0.15) is 5.76 Å². The smallest absolute Gasteiger partial charge is 0.277 e. The fourth-order valence-corrected chi connectivity index (χ4v) is 3.34. The summed E-state index contributed by atoms with van der Waals surface area (Å²) in [5, 5.41) is 3.42. The molecule has 0 aliphatic carbocycles. The molecule has 0 saturated carbocycles. The second-order valence-electron chi connectivity index (χ2n) is 6.52. The zero-order chi connectivity index (χ0) is 19.1. The van der Waals surface area contributed by atoms with Crippen LogP contribution in [0.15, 0.2) is 39.9 Å².